The van der Waals surface area contributed by atoms with Gasteiger partial charge in [-0.1, -0.05) is 0 Å². The predicted molar refractivity (Wildman–Crippen MR) is 72.0 cm³/mol. The fourth-order valence-corrected chi connectivity index (χ4v) is 2.29. The maximum atomic E-state index is 10.9. The van der Waals surface area contributed by atoms with Crippen LogP contribution >= 0.6 is 0 Å². The minimum atomic E-state index is -0.915. The van der Waals surface area contributed by atoms with E-state index in [1.165, 1.54) is 4.90 Å². The fourth-order valence-electron chi connectivity index (χ4n) is 2.29. The highest BCUT2D eigenvalue weighted by Gasteiger charge is 2.28. The molecule has 1 heterocycles. The average molecular weight is 260 g/mol. The smallest absolute Gasteiger partial charge is 0.407 e. The van der Waals surface area contributed by atoms with E-state index in [4.69, 9.17) is 16.1 Å². The molecule has 1 aliphatic heterocycles. The van der Waals surface area contributed by atoms with Gasteiger partial charge in [-0.05, 0) is 24.6 Å². The Balaban J connectivity index is 2.13. The zero-order chi connectivity index (χ0) is 14.0. The van der Waals surface area contributed by atoms with Crippen LogP contribution in [0, 0.1) is 11.3 Å². The summed E-state index contributed by atoms with van der Waals surface area (Å²) in [4.78, 5) is 14.3. The molecule has 1 unspecified atom stereocenters. The summed E-state index contributed by atoms with van der Waals surface area (Å²) in [7, 11) is 1.58. The zero-order valence-corrected chi connectivity index (χ0v) is 10.7. The minimum Gasteiger partial charge on any atom is -0.465 e. The summed E-state index contributed by atoms with van der Waals surface area (Å²) in [6.07, 6.45) is -0.128. The Labute approximate surface area is 111 Å². The van der Waals surface area contributed by atoms with Crippen molar-refractivity contribution in [3.05, 3.63) is 23.8 Å². The number of benzene rings is 1. The van der Waals surface area contributed by atoms with E-state index in [1.807, 2.05) is 6.07 Å². The van der Waals surface area contributed by atoms with E-state index in [-0.39, 0.29) is 6.04 Å². The molecule has 6 heteroatoms. The second kappa shape index (κ2) is 5.06. The summed E-state index contributed by atoms with van der Waals surface area (Å²) >= 11 is 0. The number of amides is 1. The van der Waals surface area contributed by atoms with Gasteiger partial charge in [0.05, 0.1) is 11.6 Å². The number of nitriles is 1. The van der Waals surface area contributed by atoms with Crippen LogP contribution < -0.4 is 10.6 Å². The van der Waals surface area contributed by atoms with Crippen LogP contribution in [-0.2, 0) is 0 Å². The number of carboxylic acid groups (broad SMARTS) is 1. The fraction of sp³-hybridized carbons (Fsp3) is 0.385. The van der Waals surface area contributed by atoms with Crippen molar-refractivity contribution in [2.75, 3.05) is 30.8 Å². The van der Waals surface area contributed by atoms with Crippen LogP contribution in [0.5, 0.6) is 0 Å². The van der Waals surface area contributed by atoms with Gasteiger partial charge in [-0.25, -0.2) is 4.79 Å². The molecule has 0 aliphatic carbocycles. The van der Waals surface area contributed by atoms with Crippen molar-refractivity contribution in [1.29, 1.82) is 5.26 Å². The monoisotopic (exact) mass is 260 g/mol. The lowest BCUT2D eigenvalue weighted by atomic mass is 10.1. The number of nitrogens with zero attached hydrogens (tertiary/aromatic N) is 3. The minimum absolute atomic E-state index is 0.0133. The van der Waals surface area contributed by atoms with Crippen LogP contribution in [0.1, 0.15) is 12.0 Å². The molecule has 0 aromatic heterocycles. The van der Waals surface area contributed by atoms with Gasteiger partial charge in [0, 0.05) is 31.5 Å². The molecule has 100 valence electrons. The first kappa shape index (κ1) is 13.0. The third-order valence-electron chi connectivity index (χ3n) is 3.54. The molecule has 1 aliphatic rings. The number of rotatable bonds is 2. The summed E-state index contributed by atoms with van der Waals surface area (Å²) in [6.45, 7) is 1.41. The molecule has 0 spiro atoms. The molecule has 1 saturated heterocycles. The van der Waals surface area contributed by atoms with Crippen LogP contribution in [-0.4, -0.2) is 42.3 Å². The average Bonchev–Trinajstić information content (AvgIpc) is 2.87. The van der Waals surface area contributed by atoms with Crippen molar-refractivity contribution in [2.45, 2.75) is 12.5 Å². The molecule has 0 radical (unpaired) electrons. The van der Waals surface area contributed by atoms with Crippen LogP contribution in [0.2, 0.25) is 0 Å². The lowest BCUT2D eigenvalue weighted by molar-refractivity contribution is 0.142. The normalized spacial score (nSPS) is 18.1. The number of hydrogen-bond donors (Lipinski definition) is 2. The maximum absolute atomic E-state index is 10.9. The largest absolute Gasteiger partial charge is 0.465 e. The van der Waals surface area contributed by atoms with E-state index >= 15 is 0 Å². The molecule has 1 amide bonds. The number of nitrogen functional groups attached to an aromatic ring is 1. The molecule has 6 nitrogen and oxygen atoms in total. The summed E-state index contributed by atoms with van der Waals surface area (Å²) in [5, 5.41) is 17.9. The van der Waals surface area contributed by atoms with Crippen molar-refractivity contribution in [1.82, 2.24) is 4.90 Å². The maximum Gasteiger partial charge on any atom is 0.407 e. The van der Waals surface area contributed by atoms with Gasteiger partial charge >= 0.3 is 6.09 Å². The van der Waals surface area contributed by atoms with Gasteiger partial charge in [0.1, 0.15) is 6.07 Å². The molecule has 0 saturated carbocycles. The van der Waals surface area contributed by atoms with Crippen LogP contribution in [0.15, 0.2) is 18.2 Å². The molecule has 2 rings (SSSR count). The van der Waals surface area contributed by atoms with Gasteiger partial charge in [0.25, 0.3) is 0 Å². The Bertz CT molecular complexity index is 538. The Morgan fingerprint density at radius 1 is 1.63 bits per heavy atom. The highest BCUT2D eigenvalue weighted by atomic mass is 16.4. The topological polar surface area (TPSA) is 93.6 Å². The third kappa shape index (κ3) is 2.55. The third-order valence-corrected chi connectivity index (χ3v) is 3.54. The van der Waals surface area contributed by atoms with Crippen molar-refractivity contribution < 1.29 is 9.90 Å². The Hall–Kier alpha value is -2.42. The van der Waals surface area contributed by atoms with Gasteiger partial charge in [-0.3, -0.25) is 0 Å². The van der Waals surface area contributed by atoms with Crippen LogP contribution in [0.4, 0.5) is 16.2 Å². The second-order valence-electron chi connectivity index (χ2n) is 4.67. The highest BCUT2D eigenvalue weighted by Crippen LogP contribution is 2.25. The Morgan fingerprint density at radius 2 is 2.37 bits per heavy atom. The highest BCUT2D eigenvalue weighted by molar-refractivity contribution is 5.66. The Morgan fingerprint density at radius 3 is 3.00 bits per heavy atom. The van der Waals surface area contributed by atoms with E-state index < -0.39 is 6.09 Å². The summed E-state index contributed by atoms with van der Waals surface area (Å²) in [5.74, 6) is 0. The lowest BCUT2D eigenvalue weighted by Gasteiger charge is -2.23. The Kier molecular flexibility index (Phi) is 3.47. The summed E-state index contributed by atoms with van der Waals surface area (Å²) < 4.78 is 0. The number of hydrogen-bond acceptors (Lipinski definition) is 4. The molecule has 19 heavy (non-hydrogen) atoms. The molecule has 1 atom stereocenters. The van der Waals surface area contributed by atoms with E-state index in [0.717, 1.165) is 18.7 Å². The van der Waals surface area contributed by atoms with Crippen molar-refractivity contribution >= 4 is 17.5 Å². The molecular formula is C13H16N4O2. The van der Waals surface area contributed by atoms with Crippen molar-refractivity contribution in [3.63, 3.8) is 0 Å². The molecule has 3 N–H and O–H groups in total. The van der Waals surface area contributed by atoms with Gasteiger partial charge < -0.3 is 20.6 Å². The van der Waals surface area contributed by atoms with Gasteiger partial charge in [0.2, 0.25) is 0 Å². The molecule has 1 fully saturated rings. The SMILES string of the molecule is CN(C(=O)O)C1CCN(c2ccc(N)c(C#N)c2)C1. The first-order valence-corrected chi connectivity index (χ1v) is 6.03. The summed E-state index contributed by atoms with van der Waals surface area (Å²) in [6, 6.07) is 7.36. The molecule has 0 bridgehead atoms. The predicted octanol–water partition coefficient (Wildman–Crippen LogP) is 1.33. The first-order valence-electron chi connectivity index (χ1n) is 6.03. The van der Waals surface area contributed by atoms with Gasteiger partial charge in [-0.2, -0.15) is 5.26 Å². The van der Waals surface area contributed by atoms with Crippen LogP contribution in [0.3, 0.4) is 0 Å². The van der Waals surface area contributed by atoms with Crippen LogP contribution in [0.25, 0.3) is 0 Å². The zero-order valence-electron chi connectivity index (χ0n) is 10.7. The van der Waals surface area contributed by atoms with E-state index in [0.29, 0.717) is 17.8 Å². The van der Waals surface area contributed by atoms with Crippen molar-refractivity contribution in [2.24, 2.45) is 0 Å². The first-order chi connectivity index (χ1) is 9.02. The lowest BCUT2D eigenvalue weighted by Crippen LogP contribution is -2.38. The molecule has 1 aromatic carbocycles. The standard InChI is InChI=1S/C13H16N4O2/c1-16(13(18)19)11-4-5-17(8-11)10-2-3-12(15)9(6-10)7-14/h2-3,6,11H,4-5,8,15H2,1H3,(H,18,19). The number of likely N-dealkylation sites (N-methyl/N-ethyl adjacent to an activating group) is 1. The quantitative estimate of drug-likeness (QED) is 0.782. The molecular weight excluding hydrogens is 244 g/mol. The van der Waals surface area contributed by atoms with Crippen molar-refractivity contribution in [3.8, 4) is 6.07 Å². The number of anilines is 2. The van der Waals surface area contributed by atoms with E-state index in [1.54, 1.807) is 19.2 Å². The molecule has 1 aromatic rings. The van der Waals surface area contributed by atoms with Gasteiger partial charge in [-0.15, -0.1) is 0 Å². The number of carbonyl (C=O) groups is 1. The summed E-state index contributed by atoms with van der Waals surface area (Å²) in [5.41, 5.74) is 7.51. The van der Waals surface area contributed by atoms with E-state index in [9.17, 15) is 4.79 Å². The van der Waals surface area contributed by atoms with E-state index in [2.05, 4.69) is 11.0 Å². The van der Waals surface area contributed by atoms with Gasteiger partial charge in [0.15, 0.2) is 0 Å². The second-order valence-corrected chi connectivity index (χ2v) is 4.67. The number of nitrogens with two attached hydrogens (primary N) is 1.